The zero-order chi connectivity index (χ0) is 25.1. The summed E-state index contributed by atoms with van der Waals surface area (Å²) in [4.78, 5) is 29.8. The number of aryl methyl sites for hydroxylation is 1. The van der Waals surface area contributed by atoms with E-state index in [1.54, 1.807) is 0 Å². The van der Waals surface area contributed by atoms with Crippen LogP contribution in [0.4, 0.5) is 0 Å². The molecular weight excluding hydrogens is 450 g/mol. The molecule has 0 bridgehead atoms. The van der Waals surface area contributed by atoms with E-state index < -0.39 is 23.4 Å². The van der Waals surface area contributed by atoms with Crippen molar-refractivity contribution < 1.29 is 19.1 Å². The summed E-state index contributed by atoms with van der Waals surface area (Å²) in [6, 6.07) is 28.4. The Morgan fingerprint density at radius 1 is 0.833 bits per heavy atom. The van der Waals surface area contributed by atoms with Crippen molar-refractivity contribution >= 4 is 11.9 Å². The lowest BCUT2D eigenvalue weighted by atomic mass is 9.63. The minimum Gasteiger partial charge on any atom is -0.468 e. The molecule has 1 fully saturated rings. The highest BCUT2D eigenvalue weighted by Gasteiger charge is 2.62. The maximum Gasteiger partial charge on any atom is 0.325 e. The number of carbonyl (C=O) groups excluding carboxylic acids is 2. The maximum atomic E-state index is 13.7. The molecule has 1 saturated heterocycles. The average Bonchev–Trinajstić information content (AvgIpc) is 3.12. The first-order valence-corrected chi connectivity index (χ1v) is 12.7. The van der Waals surface area contributed by atoms with Gasteiger partial charge in [-0.1, -0.05) is 84.9 Å². The van der Waals surface area contributed by atoms with Gasteiger partial charge in [-0.3, -0.25) is 14.5 Å². The van der Waals surface area contributed by atoms with E-state index in [9.17, 15) is 9.59 Å². The molecule has 0 spiro atoms. The van der Waals surface area contributed by atoms with Gasteiger partial charge in [0.2, 0.25) is 0 Å². The number of rotatable bonds is 5. The maximum absolute atomic E-state index is 13.7. The van der Waals surface area contributed by atoms with Gasteiger partial charge in [0, 0.05) is 12.6 Å². The Balaban J connectivity index is 1.71. The van der Waals surface area contributed by atoms with Crippen LogP contribution in [-0.4, -0.2) is 37.1 Å². The Kier molecular flexibility index (Phi) is 6.92. The largest absolute Gasteiger partial charge is 0.468 e. The predicted octanol–water partition coefficient (Wildman–Crippen LogP) is 5.14. The molecule has 0 saturated carbocycles. The zero-order valence-electron chi connectivity index (χ0n) is 20.9. The molecule has 1 aliphatic heterocycles. The lowest BCUT2D eigenvalue weighted by Gasteiger charge is -2.53. The van der Waals surface area contributed by atoms with Gasteiger partial charge in [0.05, 0.1) is 20.3 Å². The quantitative estimate of drug-likeness (QED) is 0.372. The van der Waals surface area contributed by atoms with E-state index in [1.165, 1.54) is 25.3 Å². The van der Waals surface area contributed by atoms with E-state index in [-0.39, 0.29) is 12.0 Å². The smallest absolute Gasteiger partial charge is 0.325 e. The van der Waals surface area contributed by atoms with Crippen LogP contribution in [0.2, 0.25) is 0 Å². The number of fused-ring (bicyclic) bond motifs is 2. The Morgan fingerprint density at radius 2 is 1.42 bits per heavy atom. The van der Waals surface area contributed by atoms with Crippen molar-refractivity contribution in [3.8, 4) is 0 Å². The third-order valence-electron chi connectivity index (χ3n) is 8.09. The van der Waals surface area contributed by atoms with Crippen LogP contribution >= 0.6 is 0 Å². The van der Waals surface area contributed by atoms with Crippen molar-refractivity contribution in [1.29, 1.82) is 0 Å². The molecule has 0 aromatic heterocycles. The molecule has 186 valence electrons. The molecule has 5 heteroatoms. The van der Waals surface area contributed by atoms with Crippen LogP contribution in [0.5, 0.6) is 0 Å². The number of benzene rings is 3. The standard InChI is InChI=1S/C31H33NO4/c1-35-29(33)31(30(34)36-2)20-26-19-25-16-10-9-13-23(25)17-18-27(26)32(21-22-11-5-3-6-12-22)28(31)24-14-7-4-8-15-24/h3-16,26-28H,17-21H2,1-2H3/t26-,27+,28+/m0/s1. The number of methoxy groups -OCH3 is 2. The van der Waals surface area contributed by atoms with E-state index >= 15 is 0 Å². The summed E-state index contributed by atoms with van der Waals surface area (Å²) in [5, 5.41) is 0. The predicted molar refractivity (Wildman–Crippen MR) is 138 cm³/mol. The molecule has 3 aromatic carbocycles. The average molecular weight is 484 g/mol. The van der Waals surface area contributed by atoms with Gasteiger partial charge in [-0.25, -0.2) is 0 Å². The molecule has 2 aliphatic rings. The Hall–Kier alpha value is -3.44. The lowest BCUT2D eigenvalue weighted by molar-refractivity contribution is -0.187. The molecule has 36 heavy (non-hydrogen) atoms. The van der Waals surface area contributed by atoms with E-state index in [4.69, 9.17) is 9.47 Å². The van der Waals surface area contributed by atoms with Crippen LogP contribution in [0.1, 0.15) is 41.1 Å². The highest BCUT2D eigenvalue weighted by Crippen LogP contribution is 2.54. The minimum atomic E-state index is -1.47. The van der Waals surface area contributed by atoms with Crippen LogP contribution in [0.15, 0.2) is 84.9 Å². The van der Waals surface area contributed by atoms with Crippen LogP contribution in [-0.2, 0) is 38.4 Å². The van der Waals surface area contributed by atoms with Gasteiger partial charge in [-0.05, 0) is 53.9 Å². The van der Waals surface area contributed by atoms with Crippen molar-refractivity contribution in [2.75, 3.05) is 14.2 Å². The molecule has 0 radical (unpaired) electrons. The normalized spacial score (nSPS) is 23.0. The van der Waals surface area contributed by atoms with Crippen molar-refractivity contribution in [3.63, 3.8) is 0 Å². The molecule has 1 aliphatic carbocycles. The number of ether oxygens (including phenoxy) is 2. The van der Waals surface area contributed by atoms with Gasteiger partial charge in [0.15, 0.2) is 5.41 Å². The fourth-order valence-corrected chi connectivity index (χ4v) is 6.55. The molecule has 0 N–H and O–H groups in total. The highest BCUT2D eigenvalue weighted by atomic mass is 16.5. The fraction of sp³-hybridized carbons (Fsp3) is 0.355. The molecule has 3 aromatic rings. The molecule has 3 atom stereocenters. The summed E-state index contributed by atoms with van der Waals surface area (Å²) < 4.78 is 10.8. The van der Waals surface area contributed by atoms with E-state index in [0.717, 1.165) is 30.4 Å². The van der Waals surface area contributed by atoms with E-state index in [2.05, 4.69) is 41.3 Å². The molecule has 0 amide bonds. The summed E-state index contributed by atoms with van der Waals surface area (Å²) in [6.07, 6.45) is 3.11. The summed E-state index contributed by atoms with van der Waals surface area (Å²) in [5.74, 6) is -0.968. The third kappa shape index (κ3) is 4.22. The second-order valence-corrected chi connectivity index (χ2v) is 9.97. The molecule has 1 heterocycles. The zero-order valence-corrected chi connectivity index (χ0v) is 20.9. The molecular formula is C31H33NO4. The highest BCUT2D eigenvalue weighted by molar-refractivity contribution is 6.01. The van der Waals surface area contributed by atoms with Crippen LogP contribution in [0, 0.1) is 11.3 Å². The number of hydrogen-bond donors (Lipinski definition) is 0. The number of piperidine rings is 1. The van der Waals surface area contributed by atoms with Crippen LogP contribution < -0.4 is 0 Å². The summed E-state index contributed by atoms with van der Waals surface area (Å²) in [6.45, 7) is 0.619. The first kappa shape index (κ1) is 24.3. The third-order valence-corrected chi connectivity index (χ3v) is 8.09. The van der Waals surface area contributed by atoms with E-state index in [1.807, 2.05) is 48.5 Å². The topological polar surface area (TPSA) is 55.8 Å². The number of nitrogens with zero attached hydrogens (tertiary/aromatic N) is 1. The fourth-order valence-electron chi connectivity index (χ4n) is 6.55. The number of hydrogen-bond acceptors (Lipinski definition) is 5. The van der Waals surface area contributed by atoms with Crippen LogP contribution in [0.25, 0.3) is 0 Å². The second kappa shape index (κ2) is 10.3. The summed E-state index contributed by atoms with van der Waals surface area (Å²) in [7, 11) is 2.73. The molecule has 0 unspecified atom stereocenters. The Morgan fingerprint density at radius 3 is 2.06 bits per heavy atom. The van der Waals surface area contributed by atoms with Crippen LogP contribution in [0.3, 0.4) is 0 Å². The monoisotopic (exact) mass is 483 g/mol. The van der Waals surface area contributed by atoms with Gasteiger partial charge < -0.3 is 9.47 Å². The van der Waals surface area contributed by atoms with Gasteiger partial charge in [0.1, 0.15) is 0 Å². The molecule has 5 nitrogen and oxygen atoms in total. The van der Waals surface area contributed by atoms with E-state index in [0.29, 0.717) is 13.0 Å². The van der Waals surface area contributed by atoms with Gasteiger partial charge in [0.25, 0.3) is 0 Å². The SMILES string of the molecule is COC(=O)C1(C(=O)OC)C[C@@H]2Cc3ccccc3CC[C@H]2N(Cc2ccccc2)[C@@H]1c1ccccc1. The minimum absolute atomic E-state index is 0.0931. The Labute approximate surface area is 213 Å². The van der Waals surface area contributed by atoms with Gasteiger partial charge in [-0.15, -0.1) is 0 Å². The van der Waals surface area contributed by atoms with Crippen molar-refractivity contribution in [2.24, 2.45) is 11.3 Å². The number of carbonyl (C=O) groups is 2. The second-order valence-electron chi connectivity index (χ2n) is 9.97. The van der Waals surface area contributed by atoms with Gasteiger partial charge in [-0.2, -0.15) is 0 Å². The first-order valence-electron chi connectivity index (χ1n) is 12.7. The van der Waals surface area contributed by atoms with Crippen molar-refractivity contribution in [2.45, 2.75) is 44.3 Å². The summed E-state index contributed by atoms with van der Waals surface area (Å²) >= 11 is 0. The lowest BCUT2D eigenvalue weighted by Crippen LogP contribution is -2.61. The first-order chi connectivity index (χ1) is 17.6. The van der Waals surface area contributed by atoms with Crippen molar-refractivity contribution in [1.82, 2.24) is 4.90 Å². The molecule has 5 rings (SSSR count). The van der Waals surface area contributed by atoms with Crippen molar-refractivity contribution in [3.05, 3.63) is 107 Å². The number of likely N-dealkylation sites (tertiary alicyclic amines) is 1. The van der Waals surface area contributed by atoms with Gasteiger partial charge >= 0.3 is 11.9 Å². The number of esters is 2. The Bertz CT molecular complexity index is 1190. The summed E-state index contributed by atoms with van der Waals surface area (Å²) in [5.41, 5.74) is 3.24.